The minimum Gasteiger partial charge on any atom is -0.245 e. The van der Waals surface area contributed by atoms with Crippen LogP contribution in [0, 0.1) is 0 Å². The van der Waals surface area contributed by atoms with Crippen molar-refractivity contribution in [3.05, 3.63) is 29.0 Å². The average Bonchev–Trinajstić information content (AvgIpc) is 2.01. The monoisotopic (exact) mass is 187 g/mol. The lowest BCUT2D eigenvalue weighted by Gasteiger charge is -1.97. The Balaban J connectivity index is 2.56. The summed E-state index contributed by atoms with van der Waals surface area (Å²) < 4.78 is 0. The van der Waals surface area contributed by atoms with E-state index in [9.17, 15) is 0 Å². The first kappa shape index (κ1) is 8.88. The van der Waals surface area contributed by atoms with Crippen molar-refractivity contribution >= 4 is 24.2 Å². The Kier molecular flexibility index (Phi) is 3.73. The molecule has 0 aliphatic heterocycles. The Labute approximate surface area is 77.2 Å². The molecule has 1 aromatic rings. The van der Waals surface area contributed by atoms with Crippen LogP contribution in [0.1, 0.15) is 12.0 Å². The minimum absolute atomic E-state index is 0.571. The molecule has 0 fully saturated rings. The highest BCUT2D eigenvalue weighted by Crippen LogP contribution is 2.08. The Morgan fingerprint density at radius 2 is 2.36 bits per heavy atom. The van der Waals surface area contributed by atoms with Crippen LogP contribution in [0.5, 0.6) is 0 Å². The zero-order chi connectivity index (χ0) is 8.10. The Hall–Kier alpha value is -0.210. The highest BCUT2D eigenvalue weighted by molar-refractivity contribution is 7.80. The number of aromatic nitrogens is 1. The minimum atomic E-state index is 0.571. The third kappa shape index (κ3) is 3.12. The fourth-order valence-corrected chi connectivity index (χ4v) is 1.24. The van der Waals surface area contributed by atoms with Crippen LogP contribution in [0.3, 0.4) is 0 Å². The molecule has 3 heteroatoms. The van der Waals surface area contributed by atoms with Crippen molar-refractivity contribution in [1.29, 1.82) is 0 Å². The summed E-state index contributed by atoms with van der Waals surface area (Å²) in [5, 5.41) is 0.571. The first-order valence-corrected chi connectivity index (χ1v) is 4.55. The molecule has 0 saturated carbocycles. The van der Waals surface area contributed by atoms with E-state index in [0.29, 0.717) is 5.15 Å². The van der Waals surface area contributed by atoms with Gasteiger partial charge in [-0.2, -0.15) is 12.6 Å². The predicted octanol–water partition coefficient (Wildman–Crippen LogP) is 2.60. The Morgan fingerprint density at radius 1 is 1.55 bits per heavy atom. The second kappa shape index (κ2) is 4.62. The van der Waals surface area contributed by atoms with Crippen molar-refractivity contribution in [3.8, 4) is 0 Å². The molecule has 11 heavy (non-hydrogen) atoms. The molecule has 1 rings (SSSR count). The van der Waals surface area contributed by atoms with Crippen molar-refractivity contribution in [2.24, 2.45) is 0 Å². The lowest BCUT2D eigenvalue weighted by molar-refractivity contribution is 0.932. The molecule has 0 spiro atoms. The topological polar surface area (TPSA) is 12.9 Å². The summed E-state index contributed by atoms with van der Waals surface area (Å²) in [7, 11) is 0. The smallest absolute Gasteiger partial charge is 0.129 e. The first-order valence-electron chi connectivity index (χ1n) is 3.54. The number of rotatable bonds is 3. The van der Waals surface area contributed by atoms with Crippen molar-refractivity contribution in [2.45, 2.75) is 12.8 Å². The molecule has 1 heterocycles. The number of pyridine rings is 1. The summed E-state index contributed by atoms with van der Waals surface area (Å²) in [4.78, 5) is 3.89. The van der Waals surface area contributed by atoms with Gasteiger partial charge in [-0.05, 0) is 36.3 Å². The second-order valence-electron chi connectivity index (χ2n) is 2.31. The highest BCUT2D eigenvalue weighted by atomic mass is 35.5. The van der Waals surface area contributed by atoms with Crippen LogP contribution < -0.4 is 0 Å². The van der Waals surface area contributed by atoms with Crippen LogP contribution in [-0.4, -0.2) is 10.7 Å². The van der Waals surface area contributed by atoms with Crippen LogP contribution in [0.25, 0.3) is 0 Å². The number of hydrogen-bond acceptors (Lipinski definition) is 2. The molecular weight excluding hydrogens is 178 g/mol. The zero-order valence-electron chi connectivity index (χ0n) is 6.13. The van der Waals surface area contributed by atoms with E-state index >= 15 is 0 Å². The maximum atomic E-state index is 5.69. The molecule has 0 radical (unpaired) electrons. The molecule has 0 aliphatic carbocycles. The standard InChI is InChI=1S/C8H10ClNS/c9-8-6-7(2-1-5-11)3-4-10-8/h3-4,6,11H,1-2,5H2. The summed E-state index contributed by atoms with van der Waals surface area (Å²) in [6.45, 7) is 0. The van der Waals surface area contributed by atoms with Gasteiger partial charge in [0.1, 0.15) is 5.15 Å². The molecule has 60 valence electrons. The molecule has 0 amide bonds. The molecule has 0 aromatic carbocycles. The fourth-order valence-electron chi connectivity index (χ4n) is 0.881. The van der Waals surface area contributed by atoms with Crippen LogP contribution in [0.15, 0.2) is 18.3 Å². The summed E-state index contributed by atoms with van der Waals surface area (Å²) in [5.74, 6) is 0.917. The molecule has 0 saturated heterocycles. The highest BCUT2D eigenvalue weighted by Gasteiger charge is 1.93. The maximum Gasteiger partial charge on any atom is 0.129 e. The zero-order valence-corrected chi connectivity index (χ0v) is 7.78. The Morgan fingerprint density at radius 3 is 3.00 bits per heavy atom. The number of aryl methyl sites for hydroxylation is 1. The molecule has 0 atom stereocenters. The van der Waals surface area contributed by atoms with E-state index in [4.69, 9.17) is 11.6 Å². The quantitative estimate of drug-likeness (QED) is 0.567. The lowest BCUT2D eigenvalue weighted by Crippen LogP contribution is -1.86. The third-order valence-corrected chi connectivity index (χ3v) is 1.94. The van der Waals surface area contributed by atoms with Gasteiger partial charge in [-0.25, -0.2) is 4.98 Å². The molecule has 0 unspecified atom stereocenters. The fraction of sp³-hybridized carbons (Fsp3) is 0.375. The normalized spacial score (nSPS) is 10.0. The summed E-state index contributed by atoms with van der Waals surface area (Å²) in [6.07, 6.45) is 3.85. The number of nitrogens with zero attached hydrogens (tertiary/aromatic N) is 1. The van der Waals surface area contributed by atoms with E-state index in [1.807, 2.05) is 12.1 Å². The molecule has 1 nitrogen and oxygen atoms in total. The Bertz CT molecular complexity index is 227. The maximum absolute atomic E-state index is 5.69. The van der Waals surface area contributed by atoms with Gasteiger partial charge in [0.15, 0.2) is 0 Å². The summed E-state index contributed by atoms with van der Waals surface area (Å²) in [5.41, 5.74) is 1.24. The summed E-state index contributed by atoms with van der Waals surface area (Å²) in [6, 6.07) is 3.88. The van der Waals surface area contributed by atoms with E-state index in [0.717, 1.165) is 18.6 Å². The molecule has 0 bridgehead atoms. The van der Waals surface area contributed by atoms with Crippen molar-refractivity contribution in [2.75, 3.05) is 5.75 Å². The van der Waals surface area contributed by atoms with Crippen LogP contribution >= 0.6 is 24.2 Å². The first-order chi connectivity index (χ1) is 5.33. The van der Waals surface area contributed by atoms with E-state index in [1.165, 1.54) is 5.56 Å². The van der Waals surface area contributed by atoms with Gasteiger partial charge in [-0.15, -0.1) is 0 Å². The van der Waals surface area contributed by atoms with Gasteiger partial charge in [0.05, 0.1) is 0 Å². The van der Waals surface area contributed by atoms with Gasteiger partial charge in [0.2, 0.25) is 0 Å². The van der Waals surface area contributed by atoms with Gasteiger partial charge in [-0.3, -0.25) is 0 Å². The van der Waals surface area contributed by atoms with Crippen molar-refractivity contribution < 1.29 is 0 Å². The van der Waals surface area contributed by atoms with Gasteiger partial charge in [0, 0.05) is 6.20 Å². The van der Waals surface area contributed by atoms with Crippen molar-refractivity contribution in [1.82, 2.24) is 4.98 Å². The predicted molar refractivity (Wildman–Crippen MR) is 51.4 cm³/mol. The average molecular weight is 188 g/mol. The summed E-state index contributed by atoms with van der Waals surface area (Å²) >= 11 is 9.82. The molecule has 0 aliphatic rings. The van der Waals surface area contributed by atoms with Crippen molar-refractivity contribution in [3.63, 3.8) is 0 Å². The lowest BCUT2D eigenvalue weighted by atomic mass is 10.2. The number of thiol groups is 1. The van der Waals surface area contributed by atoms with Crippen LogP contribution in [0.2, 0.25) is 5.15 Å². The number of hydrogen-bond donors (Lipinski definition) is 1. The van der Waals surface area contributed by atoms with Crippen LogP contribution in [-0.2, 0) is 6.42 Å². The second-order valence-corrected chi connectivity index (χ2v) is 3.15. The third-order valence-electron chi connectivity index (χ3n) is 1.41. The van der Waals surface area contributed by atoms with Gasteiger partial charge < -0.3 is 0 Å². The van der Waals surface area contributed by atoms with E-state index < -0.39 is 0 Å². The van der Waals surface area contributed by atoms with E-state index in [-0.39, 0.29) is 0 Å². The SMILES string of the molecule is SCCCc1ccnc(Cl)c1. The molecular formula is C8H10ClNS. The molecule has 0 N–H and O–H groups in total. The van der Waals surface area contributed by atoms with E-state index in [2.05, 4.69) is 17.6 Å². The largest absolute Gasteiger partial charge is 0.245 e. The van der Waals surface area contributed by atoms with E-state index in [1.54, 1.807) is 6.20 Å². The number of halogens is 1. The van der Waals surface area contributed by atoms with Gasteiger partial charge >= 0.3 is 0 Å². The van der Waals surface area contributed by atoms with Gasteiger partial charge in [0.25, 0.3) is 0 Å². The van der Waals surface area contributed by atoms with Gasteiger partial charge in [-0.1, -0.05) is 11.6 Å². The molecule has 1 aromatic heterocycles. The van der Waals surface area contributed by atoms with Crippen LogP contribution in [0.4, 0.5) is 0 Å².